The summed E-state index contributed by atoms with van der Waals surface area (Å²) in [5, 5.41) is 5.49. The molecule has 0 N–H and O–H groups in total. The molecule has 2 aliphatic carbocycles. The Morgan fingerprint density at radius 1 is 0.575 bits per heavy atom. The lowest BCUT2D eigenvalue weighted by Crippen LogP contribution is -2.16. The number of hydrogen-bond acceptors (Lipinski definition) is 0. The molecule has 0 saturated carbocycles. The van der Waals surface area contributed by atoms with E-state index in [0.717, 1.165) is 12.8 Å². The highest BCUT2D eigenvalue weighted by Gasteiger charge is 2.40. The maximum Gasteiger partial charge on any atom is 0.0594 e. The van der Waals surface area contributed by atoms with Gasteiger partial charge in [-0.3, -0.25) is 0 Å². The summed E-state index contributed by atoms with van der Waals surface area (Å²) in [6.07, 6.45) is 2.00. The summed E-state index contributed by atoms with van der Waals surface area (Å²) in [6, 6.07) is 43.1. The van der Waals surface area contributed by atoms with Crippen molar-refractivity contribution in [2.75, 3.05) is 0 Å². The maximum atomic E-state index is 2.55. The average Bonchev–Trinajstić information content (AvgIpc) is 3.45. The Morgan fingerprint density at radius 3 is 1.98 bits per heavy atom. The number of rotatable bonds is 1. The zero-order chi connectivity index (χ0) is 26.6. The molecule has 0 unspecified atom stereocenters. The first-order valence-corrected chi connectivity index (χ1v) is 14.4. The standard InChI is InChI=1S/C39H29N/c1-39(2)33-18-10-8-16-29(33)35-31-22-26-20-24-12-6-7-13-25(24)21-27(26)23-32(31)36-30-17-9-11-19-34(30)40(38(36)37(35)39)28-14-4-3-5-15-28/h3-19,22-23H,20-21H2,1-2H3. The van der Waals surface area contributed by atoms with Crippen molar-refractivity contribution in [3.63, 3.8) is 0 Å². The monoisotopic (exact) mass is 511 g/mol. The minimum atomic E-state index is -0.123. The van der Waals surface area contributed by atoms with Crippen LogP contribution < -0.4 is 0 Å². The van der Waals surface area contributed by atoms with E-state index in [2.05, 4.69) is 134 Å². The normalized spacial score (nSPS) is 14.8. The Kier molecular flexibility index (Phi) is 4.30. The van der Waals surface area contributed by atoms with Gasteiger partial charge < -0.3 is 4.57 Å². The van der Waals surface area contributed by atoms with Gasteiger partial charge in [0, 0.05) is 21.9 Å². The van der Waals surface area contributed by atoms with Crippen LogP contribution in [-0.4, -0.2) is 4.57 Å². The second-order valence-corrected chi connectivity index (χ2v) is 12.1. The van der Waals surface area contributed by atoms with E-state index >= 15 is 0 Å². The number of aromatic nitrogens is 1. The fourth-order valence-electron chi connectivity index (χ4n) is 7.86. The van der Waals surface area contributed by atoms with Crippen LogP contribution in [0.4, 0.5) is 0 Å². The Morgan fingerprint density at radius 2 is 1.20 bits per heavy atom. The van der Waals surface area contributed by atoms with Gasteiger partial charge in [0.1, 0.15) is 0 Å². The summed E-state index contributed by atoms with van der Waals surface area (Å²) >= 11 is 0. The van der Waals surface area contributed by atoms with E-state index in [-0.39, 0.29) is 5.41 Å². The van der Waals surface area contributed by atoms with Crippen molar-refractivity contribution < 1.29 is 0 Å². The molecule has 0 bridgehead atoms. The Hall–Kier alpha value is -4.62. The van der Waals surface area contributed by atoms with Gasteiger partial charge in [-0.2, -0.15) is 0 Å². The van der Waals surface area contributed by atoms with Gasteiger partial charge in [-0.15, -0.1) is 0 Å². The minimum absolute atomic E-state index is 0.123. The highest BCUT2D eigenvalue weighted by Crippen LogP contribution is 2.56. The molecule has 0 saturated heterocycles. The van der Waals surface area contributed by atoms with Crippen molar-refractivity contribution in [3.05, 3.63) is 149 Å². The largest absolute Gasteiger partial charge is 0.309 e. The minimum Gasteiger partial charge on any atom is -0.309 e. The number of nitrogens with zero attached hydrogens (tertiary/aromatic N) is 1. The fourth-order valence-corrected chi connectivity index (χ4v) is 7.86. The summed E-state index contributed by atoms with van der Waals surface area (Å²) in [7, 11) is 0. The Bertz CT molecular complexity index is 2180. The average molecular weight is 512 g/mol. The molecule has 1 nitrogen and oxygen atoms in total. The van der Waals surface area contributed by atoms with Gasteiger partial charge in [-0.1, -0.05) is 98.8 Å². The molecule has 1 aromatic heterocycles. The highest BCUT2D eigenvalue weighted by molar-refractivity contribution is 6.27. The van der Waals surface area contributed by atoms with Gasteiger partial charge >= 0.3 is 0 Å². The van der Waals surface area contributed by atoms with Crippen LogP contribution in [0.1, 0.15) is 47.2 Å². The third-order valence-electron chi connectivity index (χ3n) is 9.63. The molecular formula is C39H29N. The van der Waals surface area contributed by atoms with Crippen LogP contribution in [0.25, 0.3) is 49.4 Å². The molecule has 1 heterocycles. The van der Waals surface area contributed by atoms with Gasteiger partial charge in [0.15, 0.2) is 0 Å². The number of benzene rings is 6. The third kappa shape index (κ3) is 2.77. The second-order valence-electron chi connectivity index (χ2n) is 12.1. The number of hydrogen-bond donors (Lipinski definition) is 0. The van der Waals surface area contributed by atoms with Crippen molar-refractivity contribution in [2.24, 2.45) is 0 Å². The first-order chi connectivity index (χ1) is 19.6. The van der Waals surface area contributed by atoms with Gasteiger partial charge in [-0.25, -0.2) is 0 Å². The number of fused-ring (bicyclic) bond motifs is 12. The summed E-state index contributed by atoms with van der Waals surface area (Å²) in [5.41, 5.74) is 15.3. The van der Waals surface area contributed by atoms with Gasteiger partial charge in [-0.05, 0) is 98.5 Å². The molecule has 0 fully saturated rings. The summed E-state index contributed by atoms with van der Waals surface area (Å²) < 4.78 is 2.53. The van der Waals surface area contributed by atoms with Crippen LogP contribution in [0, 0.1) is 0 Å². The van der Waals surface area contributed by atoms with E-state index < -0.39 is 0 Å². The Labute approximate surface area is 234 Å². The maximum absolute atomic E-state index is 2.55. The van der Waals surface area contributed by atoms with Gasteiger partial charge in [0.25, 0.3) is 0 Å². The van der Waals surface area contributed by atoms with Crippen LogP contribution in [0.5, 0.6) is 0 Å². The first-order valence-electron chi connectivity index (χ1n) is 14.4. The van der Waals surface area contributed by atoms with Crippen LogP contribution in [0.15, 0.2) is 115 Å². The predicted octanol–water partition coefficient (Wildman–Crippen LogP) is 9.74. The quantitative estimate of drug-likeness (QED) is 0.207. The molecule has 40 heavy (non-hydrogen) atoms. The molecule has 0 aliphatic heterocycles. The lowest BCUT2D eigenvalue weighted by atomic mass is 9.79. The molecule has 0 amide bonds. The van der Waals surface area contributed by atoms with Crippen LogP contribution in [0.2, 0.25) is 0 Å². The predicted molar refractivity (Wildman–Crippen MR) is 168 cm³/mol. The summed E-state index contributed by atoms with van der Waals surface area (Å²) in [5.74, 6) is 0. The molecule has 7 aromatic rings. The zero-order valence-corrected chi connectivity index (χ0v) is 22.8. The lowest BCUT2D eigenvalue weighted by Gasteiger charge is -2.25. The highest BCUT2D eigenvalue weighted by atomic mass is 15.0. The van der Waals surface area contributed by atoms with Crippen molar-refractivity contribution in [2.45, 2.75) is 32.1 Å². The van der Waals surface area contributed by atoms with Crippen molar-refractivity contribution in [1.82, 2.24) is 4.57 Å². The zero-order valence-electron chi connectivity index (χ0n) is 22.8. The molecular weight excluding hydrogens is 482 g/mol. The molecule has 0 spiro atoms. The second kappa shape index (κ2) is 7.73. The van der Waals surface area contributed by atoms with E-state index in [1.807, 2.05) is 0 Å². The van der Waals surface area contributed by atoms with Crippen molar-refractivity contribution in [3.8, 4) is 16.8 Å². The molecule has 2 aliphatic rings. The summed E-state index contributed by atoms with van der Waals surface area (Å²) in [4.78, 5) is 0. The number of para-hydroxylation sites is 2. The topological polar surface area (TPSA) is 4.93 Å². The first kappa shape index (κ1) is 22.2. The third-order valence-corrected chi connectivity index (χ3v) is 9.63. The van der Waals surface area contributed by atoms with Gasteiger partial charge in [0.05, 0.1) is 11.0 Å². The van der Waals surface area contributed by atoms with Crippen molar-refractivity contribution in [1.29, 1.82) is 0 Å². The van der Waals surface area contributed by atoms with E-state index in [1.165, 1.54) is 82.8 Å². The molecule has 1 heteroatoms. The molecule has 0 atom stereocenters. The van der Waals surface area contributed by atoms with Crippen LogP contribution in [-0.2, 0) is 18.3 Å². The Balaban J connectivity index is 1.53. The molecule has 190 valence electrons. The summed E-state index contributed by atoms with van der Waals surface area (Å²) in [6.45, 7) is 4.84. The smallest absolute Gasteiger partial charge is 0.0594 e. The molecule has 0 radical (unpaired) electrons. The fraction of sp³-hybridized carbons (Fsp3) is 0.128. The van der Waals surface area contributed by atoms with E-state index in [0.29, 0.717) is 0 Å². The van der Waals surface area contributed by atoms with Crippen molar-refractivity contribution >= 4 is 32.6 Å². The van der Waals surface area contributed by atoms with E-state index in [9.17, 15) is 0 Å². The van der Waals surface area contributed by atoms with Crippen LogP contribution in [0.3, 0.4) is 0 Å². The van der Waals surface area contributed by atoms with Gasteiger partial charge in [0.2, 0.25) is 0 Å². The van der Waals surface area contributed by atoms with E-state index in [1.54, 1.807) is 0 Å². The lowest BCUT2D eigenvalue weighted by molar-refractivity contribution is 0.664. The molecule has 9 rings (SSSR count). The molecule has 6 aromatic carbocycles. The SMILES string of the molecule is CC1(C)c2ccccc2-c2c1c1c(c3cc4c(cc23)Cc2ccccc2C4)c2ccccc2n1-c1ccccc1. The van der Waals surface area contributed by atoms with Crippen LogP contribution >= 0.6 is 0 Å². The van der Waals surface area contributed by atoms with E-state index in [4.69, 9.17) is 0 Å².